The number of aliphatic hydroxyl groups excluding tert-OH is 1. The normalized spacial score (nSPS) is 22.6. The molecule has 0 radical (unpaired) electrons. The van der Waals surface area contributed by atoms with Crippen molar-refractivity contribution in [3.05, 3.63) is 29.8 Å². The number of nitrogens with one attached hydrogen (secondary N) is 2. The van der Waals surface area contributed by atoms with Crippen LogP contribution in [0.3, 0.4) is 0 Å². The van der Waals surface area contributed by atoms with E-state index >= 15 is 0 Å². The van der Waals surface area contributed by atoms with Crippen molar-refractivity contribution in [2.75, 3.05) is 19.6 Å². The number of hydrogen-bond donors (Lipinski definition) is 3. The van der Waals surface area contributed by atoms with Crippen molar-refractivity contribution in [1.29, 1.82) is 0 Å². The molecular weight excluding hydrogens is 280 g/mol. The predicted octanol–water partition coefficient (Wildman–Crippen LogP) is 1.27. The van der Waals surface area contributed by atoms with E-state index in [-0.39, 0.29) is 17.9 Å². The van der Waals surface area contributed by atoms with Crippen LogP contribution in [-0.4, -0.2) is 42.9 Å². The second-order valence-corrected chi connectivity index (χ2v) is 6.22. The Balaban J connectivity index is 1.84. The first-order valence-corrected chi connectivity index (χ1v) is 7.90. The van der Waals surface area contributed by atoms with E-state index in [1.54, 1.807) is 6.92 Å². The van der Waals surface area contributed by atoms with Crippen LogP contribution >= 0.6 is 0 Å². The zero-order valence-corrected chi connectivity index (χ0v) is 13.5. The fourth-order valence-corrected chi connectivity index (χ4v) is 2.51. The number of benzene rings is 1. The second-order valence-electron chi connectivity index (χ2n) is 6.22. The molecule has 0 spiro atoms. The summed E-state index contributed by atoms with van der Waals surface area (Å²) in [4.78, 5) is 12.1. The Kier molecular flexibility index (Phi) is 5.80. The highest BCUT2D eigenvalue weighted by atomic mass is 16.5. The van der Waals surface area contributed by atoms with Gasteiger partial charge in [0, 0.05) is 25.6 Å². The van der Waals surface area contributed by atoms with Gasteiger partial charge in [0.15, 0.2) is 6.10 Å². The van der Waals surface area contributed by atoms with Crippen molar-refractivity contribution in [1.82, 2.24) is 10.6 Å². The van der Waals surface area contributed by atoms with Crippen LogP contribution in [-0.2, 0) is 4.79 Å². The molecule has 3 unspecified atom stereocenters. The number of aliphatic hydroxyl groups is 1. The summed E-state index contributed by atoms with van der Waals surface area (Å²) in [7, 11) is 0. The number of β-amino-alcohol motifs (C(OH)–C–C–N with tert-alkyl or cyclic N) is 1. The minimum absolute atomic E-state index is 0.0698. The third-order valence-corrected chi connectivity index (χ3v) is 4.05. The van der Waals surface area contributed by atoms with Crippen LogP contribution in [0.5, 0.6) is 5.75 Å². The molecule has 0 bridgehead atoms. The molecule has 1 fully saturated rings. The lowest BCUT2D eigenvalue weighted by molar-refractivity contribution is -0.127. The van der Waals surface area contributed by atoms with Crippen LogP contribution in [0.1, 0.15) is 32.3 Å². The van der Waals surface area contributed by atoms with Crippen LogP contribution < -0.4 is 15.4 Å². The molecule has 22 heavy (non-hydrogen) atoms. The monoisotopic (exact) mass is 306 g/mol. The molecular formula is C17H26N2O3. The van der Waals surface area contributed by atoms with Crippen molar-refractivity contribution >= 4 is 5.91 Å². The molecule has 1 heterocycles. The van der Waals surface area contributed by atoms with Gasteiger partial charge < -0.3 is 20.5 Å². The minimum atomic E-state index is -0.561. The van der Waals surface area contributed by atoms with Crippen molar-refractivity contribution in [3.8, 4) is 5.75 Å². The van der Waals surface area contributed by atoms with E-state index in [1.165, 1.54) is 5.56 Å². The highest BCUT2D eigenvalue weighted by Gasteiger charge is 2.26. The number of carbonyl (C=O) groups is 1. The summed E-state index contributed by atoms with van der Waals surface area (Å²) >= 11 is 0. The van der Waals surface area contributed by atoms with E-state index in [0.717, 1.165) is 6.54 Å². The Morgan fingerprint density at radius 3 is 2.82 bits per heavy atom. The Morgan fingerprint density at radius 2 is 2.18 bits per heavy atom. The first-order chi connectivity index (χ1) is 10.5. The van der Waals surface area contributed by atoms with Gasteiger partial charge in [-0.2, -0.15) is 0 Å². The quantitative estimate of drug-likeness (QED) is 0.740. The van der Waals surface area contributed by atoms with Gasteiger partial charge in [-0.3, -0.25) is 4.79 Å². The molecule has 0 saturated carbocycles. The average Bonchev–Trinajstić information content (AvgIpc) is 2.90. The van der Waals surface area contributed by atoms with Crippen LogP contribution in [0.4, 0.5) is 0 Å². The lowest BCUT2D eigenvalue weighted by Gasteiger charge is -2.18. The molecule has 1 aromatic rings. The lowest BCUT2D eigenvalue weighted by atomic mass is 10.0. The maximum atomic E-state index is 12.1. The summed E-state index contributed by atoms with van der Waals surface area (Å²) in [5.74, 6) is 1.04. The van der Waals surface area contributed by atoms with E-state index in [0.29, 0.717) is 24.8 Å². The highest BCUT2D eigenvalue weighted by Crippen LogP contribution is 2.21. The van der Waals surface area contributed by atoms with Gasteiger partial charge in [-0.05, 0) is 30.5 Å². The summed E-state index contributed by atoms with van der Waals surface area (Å²) in [6.07, 6.45) is -0.951. The van der Waals surface area contributed by atoms with Crippen LogP contribution in [0.2, 0.25) is 0 Å². The molecule has 2 rings (SSSR count). The van der Waals surface area contributed by atoms with Gasteiger partial charge in [0.25, 0.3) is 5.91 Å². The molecule has 1 saturated heterocycles. The van der Waals surface area contributed by atoms with Gasteiger partial charge >= 0.3 is 0 Å². The number of amides is 1. The van der Waals surface area contributed by atoms with E-state index in [2.05, 4.69) is 30.5 Å². The van der Waals surface area contributed by atoms with Gasteiger partial charge in [0.05, 0.1) is 6.10 Å². The zero-order valence-electron chi connectivity index (χ0n) is 13.5. The molecule has 3 atom stereocenters. The summed E-state index contributed by atoms with van der Waals surface area (Å²) in [6, 6.07) is 7.83. The minimum Gasteiger partial charge on any atom is -0.481 e. The number of hydrogen-bond acceptors (Lipinski definition) is 4. The van der Waals surface area contributed by atoms with E-state index < -0.39 is 6.10 Å². The topological polar surface area (TPSA) is 70.6 Å². The first-order valence-electron chi connectivity index (χ1n) is 7.90. The third kappa shape index (κ3) is 4.45. The van der Waals surface area contributed by atoms with Gasteiger partial charge in [0.2, 0.25) is 0 Å². The summed E-state index contributed by atoms with van der Waals surface area (Å²) in [5, 5.41) is 15.7. The number of rotatable bonds is 6. The Labute approximate surface area is 132 Å². The SMILES string of the molecule is CC(Oc1cccc(C(C)C)c1)C(=O)NCC1CNCC1O. The smallest absolute Gasteiger partial charge is 0.260 e. The van der Waals surface area contributed by atoms with E-state index in [1.807, 2.05) is 18.2 Å². The number of carbonyl (C=O) groups excluding carboxylic acids is 1. The molecule has 1 aliphatic heterocycles. The molecule has 5 heteroatoms. The molecule has 122 valence electrons. The third-order valence-electron chi connectivity index (χ3n) is 4.05. The van der Waals surface area contributed by atoms with E-state index in [9.17, 15) is 9.90 Å². The fourth-order valence-electron chi connectivity index (χ4n) is 2.51. The van der Waals surface area contributed by atoms with Gasteiger partial charge in [-0.25, -0.2) is 0 Å². The number of ether oxygens (including phenoxy) is 1. The van der Waals surface area contributed by atoms with E-state index in [4.69, 9.17) is 4.74 Å². The first kappa shape index (κ1) is 16.8. The largest absolute Gasteiger partial charge is 0.481 e. The highest BCUT2D eigenvalue weighted by molar-refractivity contribution is 5.80. The molecule has 0 aromatic heterocycles. The van der Waals surface area contributed by atoms with Gasteiger partial charge in [-0.15, -0.1) is 0 Å². The average molecular weight is 306 g/mol. The van der Waals surface area contributed by atoms with Crippen LogP contribution in [0, 0.1) is 5.92 Å². The predicted molar refractivity (Wildman–Crippen MR) is 86.0 cm³/mol. The Hall–Kier alpha value is -1.59. The second kappa shape index (κ2) is 7.61. The Morgan fingerprint density at radius 1 is 1.41 bits per heavy atom. The van der Waals surface area contributed by atoms with Gasteiger partial charge in [-0.1, -0.05) is 26.0 Å². The van der Waals surface area contributed by atoms with Crippen LogP contribution in [0.15, 0.2) is 24.3 Å². The maximum absolute atomic E-state index is 12.1. The summed E-state index contributed by atoms with van der Waals surface area (Å²) < 4.78 is 5.72. The standard InChI is InChI=1S/C17H26N2O3/c1-11(2)13-5-4-6-15(7-13)22-12(3)17(21)19-9-14-8-18-10-16(14)20/h4-7,11-12,14,16,18,20H,8-10H2,1-3H3,(H,19,21). The molecule has 1 aliphatic rings. The molecule has 1 aromatic carbocycles. The molecule has 3 N–H and O–H groups in total. The zero-order chi connectivity index (χ0) is 16.1. The van der Waals surface area contributed by atoms with Crippen molar-refractivity contribution < 1.29 is 14.6 Å². The fraction of sp³-hybridized carbons (Fsp3) is 0.588. The van der Waals surface area contributed by atoms with Crippen LogP contribution in [0.25, 0.3) is 0 Å². The van der Waals surface area contributed by atoms with Crippen molar-refractivity contribution in [3.63, 3.8) is 0 Å². The Bertz CT molecular complexity index is 504. The summed E-state index contributed by atoms with van der Waals surface area (Å²) in [6.45, 7) is 7.77. The molecule has 1 amide bonds. The molecule has 0 aliphatic carbocycles. The van der Waals surface area contributed by atoms with Crippen molar-refractivity contribution in [2.45, 2.75) is 38.9 Å². The van der Waals surface area contributed by atoms with Crippen molar-refractivity contribution in [2.24, 2.45) is 5.92 Å². The van der Waals surface area contributed by atoms with Gasteiger partial charge in [0.1, 0.15) is 5.75 Å². The lowest BCUT2D eigenvalue weighted by Crippen LogP contribution is -2.41. The maximum Gasteiger partial charge on any atom is 0.260 e. The molecule has 5 nitrogen and oxygen atoms in total. The summed E-state index contributed by atoms with van der Waals surface area (Å²) in [5.41, 5.74) is 1.19.